The zero-order valence-electron chi connectivity index (χ0n) is 26.3. The summed E-state index contributed by atoms with van der Waals surface area (Å²) >= 11 is 0. The van der Waals surface area contributed by atoms with Crippen molar-refractivity contribution < 1.29 is 44.7 Å². The van der Waals surface area contributed by atoms with E-state index in [1.807, 2.05) is 30.3 Å². The third-order valence-corrected chi connectivity index (χ3v) is 9.80. The predicted octanol–water partition coefficient (Wildman–Crippen LogP) is 6.36. The quantitative estimate of drug-likeness (QED) is 0.282. The van der Waals surface area contributed by atoms with Gasteiger partial charge in [0.1, 0.15) is 0 Å². The summed E-state index contributed by atoms with van der Waals surface area (Å²) in [4.78, 5) is 34.0. The number of carbonyl (C=O) groups is 2. The number of rotatable bonds is 6. The maximum absolute atomic E-state index is 13.7. The Balaban J connectivity index is 1.11. The lowest BCUT2D eigenvalue weighted by atomic mass is 9.90. The van der Waals surface area contributed by atoms with Crippen molar-refractivity contribution in [3.8, 4) is 0 Å². The third-order valence-electron chi connectivity index (χ3n) is 9.80. The Hall–Kier alpha value is -4.04. The molecule has 0 aliphatic carbocycles. The molecule has 0 radical (unpaired) electrons. The van der Waals surface area contributed by atoms with Gasteiger partial charge in [0.15, 0.2) is 11.6 Å². The van der Waals surface area contributed by atoms with E-state index in [9.17, 15) is 44.7 Å². The van der Waals surface area contributed by atoms with Gasteiger partial charge in [-0.3, -0.25) is 19.4 Å². The Labute approximate surface area is 277 Å². The second kappa shape index (κ2) is 13.7. The predicted molar refractivity (Wildman–Crippen MR) is 164 cm³/mol. The molecule has 14 heteroatoms. The summed E-state index contributed by atoms with van der Waals surface area (Å²) in [6.07, 6.45) is -8.75. The van der Waals surface area contributed by atoms with Gasteiger partial charge in [-0.15, -0.1) is 0 Å². The summed E-state index contributed by atoms with van der Waals surface area (Å²) in [5, 5.41) is 0. The van der Waals surface area contributed by atoms with Gasteiger partial charge in [0.25, 0.3) is 11.8 Å². The van der Waals surface area contributed by atoms with Crippen molar-refractivity contribution in [1.82, 2.24) is 19.6 Å². The number of carbonyl (C=O) groups excluding carboxylic acids is 2. The highest BCUT2D eigenvalue weighted by Gasteiger charge is 2.41. The van der Waals surface area contributed by atoms with Crippen LogP contribution in [0.3, 0.4) is 0 Å². The lowest BCUT2D eigenvalue weighted by Gasteiger charge is -2.50. The SMILES string of the molecule is O=C(c1ccc(F)c(F)c1)N1CC(N2CCN(C3CCN(C(=O)c4cc(C(F)(F)F)cc(C(F)(F)F)c4)[C@H](Cc4ccccc4)C3)CC2)C1. The molecule has 3 aromatic carbocycles. The Morgan fingerprint density at radius 2 is 1.24 bits per heavy atom. The highest BCUT2D eigenvalue weighted by atomic mass is 19.4. The third kappa shape index (κ3) is 7.75. The van der Waals surface area contributed by atoms with Crippen LogP contribution < -0.4 is 0 Å². The standard InChI is InChI=1S/C35H34F8N4O2/c36-30-7-6-23(17-31(30)37)32(48)46-20-29(21-46)45-12-10-44(11-13-45)27-8-9-47(28(19-27)14-22-4-2-1-3-5-22)33(49)24-15-25(34(38,39)40)18-26(16-24)35(41,42)43/h1-7,15-18,27-29H,8-14,19-21H2/t27?,28-/m1/s1. The molecule has 0 saturated carbocycles. The van der Waals surface area contributed by atoms with Gasteiger partial charge in [0.2, 0.25) is 0 Å². The summed E-state index contributed by atoms with van der Waals surface area (Å²) in [6.45, 7) is 3.92. The molecule has 0 bridgehead atoms. The lowest BCUT2D eigenvalue weighted by Crippen LogP contribution is -2.65. The van der Waals surface area contributed by atoms with E-state index in [2.05, 4.69) is 9.80 Å². The van der Waals surface area contributed by atoms with Gasteiger partial charge in [0.05, 0.1) is 11.1 Å². The van der Waals surface area contributed by atoms with Crippen molar-refractivity contribution >= 4 is 11.8 Å². The van der Waals surface area contributed by atoms with Crippen molar-refractivity contribution in [3.05, 3.63) is 106 Å². The number of amides is 2. The van der Waals surface area contributed by atoms with Crippen LogP contribution in [0.15, 0.2) is 66.7 Å². The smallest absolute Gasteiger partial charge is 0.335 e. The molecule has 3 aliphatic heterocycles. The monoisotopic (exact) mass is 694 g/mol. The molecule has 49 heavy (non-hydrogen) atoms. The summed E-state index contributed by atoms with van der Waals surface area (Å²) < 4.78 is 108. The zero-order chi connectivity index (χ0) is 35.1. The van der Waals surface area contributed by atoms with Gasteiger partial charge in [-0.2, -0.15) is 26.3 Å². The number of piperidine rings is 1. The van der Waals surface area contributed by atoms with Crippen LogP contribution in [0.1, 0.15) is 50.2 Å². The molecule has 3 aliphatic rings. The number of nitrogens with zero attached hydrogens (tertiary/aromatic N) is 4. The van der Waals surface area contributed by atoms with E-state index in [0.717, 1.165) is 17.7 Å². The van der Waals surface area contributed by atoms with E-state index >= 15 is 0 Å². The number of likely N-dealkylation sites (tertiary alicyclic amines) is 2. The minimum Gasteiger partial charge on any atom is -0.335 e. The van der Waals surface area contributed by atoms with Gasteiger partial charge in [-0.25, -0.2) is 8.78 Å². The fourth-order valence-electron chi connectivity index (χ4n) is 7.08. The topological polar surface area (TPSA) is 47.1 Å². The molecule has 0 aromatic heterocycles. The van der Waals surface area contributed by atoms with Crippen molar-refractivity contribution in [1.29, 1.82) is 0 Å². The maximum Gasteiger partial charge on any atom is 0.416 e. The van der Waals surface area contributed by atoms with Crippen LogP contribution in [0.5, 0.6) is 0 Å². The molecule has 2 atom stereocenters. The number of hydrogen-bond donors (Lipinski definition) is 0. The van der Waals surface area contributed by atoms with E-state index < -0.39 is 52.6 Å². The Morgan fingerprint density at radius 3 is 1.82 bits per heavy atom. The first-order valence-corrected chi connectivity index (χ1v) is 16.0. The molecule has 6 nitrogen and oxygen atoms in total. The van der Waals surface area contributed by atoms with Crippen LogP contribution >= 0.6 is 0 Å². The van der Waals surface area contributed by atoms with Crippen LogP contribution in [0.4, 0.5) is 35.1 Å². The molecule has 3 fully saturated rings. The number of hydrogen-bond acceptors (Lipinski definition) is 4. The maximum atomic E-state index is 13.7. The number of alkyl halides is 6. The van der Waals surface area contributed by atoms with Gasteiger partial charge in [0, 0.05) is 75.1 Å². The number of benzene rings is 3. The Morgan fingerprint density at radius 1 is 0.653 bits per heavy atom. The normalized spacial score (nSPS) is 21.5. The van der Waals surface area contributed by atoms with Crippen LogP contribution in [-0.2, 0) is 18.8 Å². The van der Waals surface area contributed by atoms with E-state index in [-0.39, 0.29) is 36.2 Å². The minimum atomic E-state index is -5.07. The molecule has 0 spiro atoms. The molecular weight excluding hydrogens is 660 g/mol. The van der Waals surface area contributed by atoms with Crippen LogP contribution in [0.25, 0.3) is 0 Å². The molecule has 1 unspecified atom stereocenters. The van der Waals surface area contributed by atoms with Crippen molar-refractivity contribution in [2.24, 2.45) is 0 Å². The first kappa shape index (κ1) is 34.8. The summed E-state index contributed by atoms with van der Waals surface area (Å²) in [5.74, 6) is -3.33. The van der Waals surface area contributed by atoms with E-state index in [1.54, 1.807) is 4.90 Å². The van der Waals surface area contributed by atoms with Crippen molar-refractivity contribution in [3.63, 3.8) is 0 Å². The average molecular weight is 695 g/mol. The Bertz CT molecular complexity index is 1640. The van der Waals surface area contributed by atoms with E-state index in [0.29, 0.717) is 70.7 Å². The fraction of sp³-hybridized carbons (Fsp3) is 0.429. The summed E-state index contributed by atoms with van der Waals surface area (Å²) in [6, 6.07) is 13.0. The molecule has 262 valence electrons. The first-order valence-electron chi connectivity index (χ1n) is 16.0. The highest BCUT2D eigenvalue weighted by molar-refractivity contribution is 5.95. The second-order valence-electron chi connectivity index (χ2n) is 12.9. The molecule has 6 rings (SSSR count). The molecule has 3 saturated heterocycles. The van der Waals surface area contributed by atoms with E-state index in [4.69, 9.17) is 0 Å². The lowest BCUT2D eigenvalue weighted by molar-refractivity contribution is -0.143. The van der Waals surface area contributed by atoms with Gasteiger partial charge >= 0.3 is 12.4 Å². The average Bonchev–Trinajstić information content (AvgIpc) is 3.05. The minimum absolute atomic E-state index is 0.0236. The van der Waals surface area contributed by atoms with Crippen LogP contribution in [-0.4, -0.2) is 95.4 Å². The highest BCUT2D eigenvalue weighted by Crippen LogP contribution is 2.37. The van der Waals surface area contributed by atoms with Gasteiger partial charge < -0.3 is 9.80 Å². The summed E-state index contributed by atoms with van der Waals surface area (Å²) in [7, 11) is 0. The number of piperazine rings is 1. The van der Waals surface area contributed by atoms with Gasteiger partial charge in [-0.1, -0.05) is 30.3 Å². The fourth-order valence-corrected chi connectivity index (χ4v) is 7.08. The largest absolute Gasteiger partial charge is 0.416 e. The second-order valence-corrected chi connectivity index (χ2v) is 12.9. The molecule has 2 amide bonds. The van der Waals surface area contributed by atoms with E-state index in [1.165, 1.54) is 11.0 Å². The van der Waals surface area contributed by atoms with Crippen LogP contribution in [0.2, 0.25) is 0 Å². The van der Waals surface area contributed by atoms with Gasteiger partial charge in [-0.05, 0) is 61.2 Å². The molecule has 3 heterocycles. The zero-order valence-corrected chi connectivity index (χ0v) is 26.3. The molecule has 0 N–H and O–H groups in total. The molecular formula is C35H34F8N4O2. The molecule has 3 aromatic rings. The first-order chi connectivity index (χ1) is 23.2. The van der Waals surface area contributed by atoms with Crippen molar-refractivity contribution in [2.75, 3.05) is 45.8 Å². The summed E-state index contributed by atoms with van der Waals surface area (Å²) in [5.41, 5.74) is -2.72. The van der Waals surface area contributed by atoms with Crippen molar-refractivity contribution in [2.45, 2.75) is 49.7 Å². The van der Waals surface area contributed by atoms with Crippen LogP contribution in [0, 0.1) is 11.6 Å². The Kier molecular flexibility index (Phi) is 9.73. The number of halogens is 8.